The fourth-order valence-electron chi connectivity index (χ4n) is 1.80. The Bertz CT molecular complexity index is 566. The predicted molar refractivity (Wildman–Crippen MR) is 74.7 cm³/mol. The summed E-state index contributed by atoms with van der Waals surface area (Å²) < 4.78 is 28.4. The van der Waals surface area contributed by atoms with Gasteiger partial charge in [0, 0.05) is 18.9 Å². The summed E-state index contributed by atoms with van der Waals surface area (Å²) >= 11 is 0. The van der Waals surface area contributed by atoms with Crippen molar-refractivity contribution in [2.75, 3.05) is 18.4 Å². The van der Waals surface area contributed by atoms with E-state index in [2.05, 4.69) is 15.7 Å². The van der Waals surface area contributed by atoms with Gasteiger partial charge in [-0.25, -0.2) is 8.78 Å². The number of carbonyl (C=O) groups is 1. The quantitative estimate of drug-likeness (QED) is 0.765. The summed E-state index contributed by atoms with van der Waals surface area (Å²) in [6, 6.07) is 5.27. The minimum Gasteiger partial charge on any atom is -0.320 e. The first-order chi connectivity index (χ1) is 10.2. The van der Waals surface area contributed by atoms with E-state index in [0.717, 1.165) is 25.1 Å². The second-order valence-corrected chi connectivity index (χ2v) is 4.44. The Morgan fingerprint density at radius 1 is 1.24 bits per heavy atom. The van der Waals surface area contributed by atoms with Crippen LogP contribution in [0.25, 0.3) is 0 Å². The topological polar surface area (TPSA) is 59.0 Å². The molecule has 0 spiro atoms. The average Bonchev–Trinajstić information content (AvgIpc) is 2.96. The van der Waals surface area contributed by atoms with Crippen molar-refractivity contribution in [1.29, 1.82) is 0 Å². The van der Waals surface area contributed by atoms with Crippen molar-refractivity contribution >= 4 is 11.6 Å². The first kappa shape index (κ1) is 15.1. The predicted octanol–water partition coefficient (Wildman–Crippen LogP) is 1.78. The van der Waals surface area contributed by atoms with Gasteiger partial charge in [-0.15, -0.1) is 0 Å². The minimum absolute atomic E-state index is 0.00706. The highest BCUT2D eigenvalue weighted by molar-refractivity contribution is 5.92. The summed E-state index contributed by atoms with van der Waals surface area (Å²) in [4.78, 5) is 11.6. The minimum atomic E-state index is -0.790. The molecule has 2 N–H and O–H groups in total. The van der Waals surface area contributed by atoms with Crippen LogP contribution in [0.3, 0.4) is 0 Å². The van der Waals surface area contributed by atoms with Crippen LogP contribution < -0.4 is 10.6 Å². The van der Waals surface area contributed by atoms with Crippen molar-refractivity contribution in [3.05, 3.63) is 48.3 Å². The maximum Gasteiger partial charge on any atom is 0.238 e. The summed E-state index contributed by atoms with van der Waals surface area (Å²) in [5.74, 6) is -2.07. The van der Waals surface area contributed by atoms with E-state index in [1.807, 2.05) is 12.3 Å². The van der Waals surface area contributed by atoms with Gasteiger partial charge < -0.3 is 10.6 Å². The Hall–Kier alpha value is -2.28. The second-order valence-electron chi connectivity index (χ2n) is 4.44. The molecule has 0 bridgehead atoms. The van der Waals surface area contributed by atoms with E-state index in [1.54, 1.807) is 10.9 Å². The summed E-state index contributed by atoms with van der Waals surface area (Å²) in [5.41, 5.74) is -0.416. The van der Waals surface area contributed by atoms with Gasteiger partial charge in [0.2, 0.25) is 5.91 Å². The molecule has 21 heavy (non-hydrogen) atoms. The van der Waals surface area contributed by atoms with E-state index in [4.69, 9.17) is 0 Å². The zero-order valence-corrected chi connectivity index (χ0v) is 11.4. The second kappa shape index (κ2) is 7.49. The fourth-order valence-corrected chi connectivity index (χ4v) is 1.80. The molecule has 112 valence electrons. The molecule has 1 amide bonds. The normalized spacial score (nSPS) is 10.6. The molecule has 0 aliphatic carbocycles. The van der Waals surface area contributed by atoms with Crippen molar-refractivity contribution in [1.82, 2.24) is 15.1 Å². The van der Waals surface area contributed by atoms with Gasteiger partial charge >= 0.3 is 0 Å². The summed E-state index contributed by atoms with van der Waals surface area (Å²) in [6.07, 6.45) is 4.35. The van der Waals surface area contributed by atoms with E-state index < -0.39 is 23.2 Å². The van der Waals surface area contributed by atoms with Crippen LogP contribution in [-0.2, 0) is 11.3 Å². The van der Waals surface area contributed by atoms with E-state index in [9.17, 15) is 13.6 Å². The molecule has 1 aromatic heterocycles. The van der Waals surface area contributed by atoms with Crippen LogP contribution in [0.15, 0.2) is 36.7 Å². The van der Waals surface area contributed by atoms with Gasteiger partial charge in [-0.05, 0) is 31.2 Å². The highest BCUT2D eigenvalue weighted by Gasteiger charge is 2.11. The molecule has 7 heteroatoms. The zero-order valence-electron chi connectivity index (χ0n) is 11.4. The Morgan fingerprint density at radius 3 is 2.67 bits per heavy atom. The van der Waals surface area contributed by atoms with Crippen molar-refractivity contribution in [3.63, 3.8) is 0 Å². The molecule has 2 rings (SSSR count). The largest absolute Gasteiger partial charge is 0.320 e. The molecule has 0 atom stereocenters. The summed E-state index contributed by atoms with van der Waals surface area (Å²) in [6.45, 7) is 1.34. The zero-order chi connectivity index (χ0) is 15.1. The maximum atomic E-state index is 13.3. The van der Waals surface area contributed by atoms with E-state index in [1.165, 1.54) is 6.07 Å². The number of benzene rings is 1. The number of para-hydroxylation sites is 1. The molecule has 0 aliphatic heterocycles. The molecule has 0 unspecified atom stereocenters. The molecule has 0 saturated carbocycles. The van der Waals surface area contributed by atoms with Crippen molar-refractivity contribution < 1.29 is 13.6 Å². The van der Waals surface area contributed by atoms with Crippen molar-refractivity contribution in [2.24, 2.45) is 0 Å². The van der Waals surface area contributed by atoms with Crippen LogP contribution in [0.1, 0.15) is 6.42 Å². The first-order valence-electron chi connectivity index (χ1n) is 6.59. The lowest BCUT2D eigenvalue weighted by molar-refractivity contribution is -0.115. The van der Waals surface area contributed by atoms with Gasteiger partial charge in [0.1, 0.15) is 17.3 Å². The van der Waals surface area contributed by atoms with Gasteiger partial charge in [0.05, 0.1) is 6.54 Å². The van der Waals surface area contributed by atoms with E-state index in [-0.39, 0.29) is 6.54 Å². The Balaban J connectivity index is 1.68. The van der Waals surface area contributed by atoms with Gasteiger partial charge in [0.25, 0.3) is 0 Å². The number of anilines is 1. The molecular formula is C14H16F2N4O. The number of aromatic nitrogens is 2. The Kier molecular flexibility index (Phi) is 5.39. The third kappa shape index (κ3) is 4.64. The smallest absolute Gasteiger partial charge is 0.238 e. The maximum absolute atomic E-state index is 13.3. The standard InChI is InChI=1S/C14H16F2N4O/c15-11-4-1-5-12(16)14(11)19-13(21)10-17-6-2-8-20-9-3-7-18-20/h1,3-5,7,9,17H,2,6,8,10H2,(H,19,21). The number of hydrogen-bond acceptors (Lipinski definition) is 3. The molecule has 5 nitrogen and oxygen atoms in total. The first-order valence-corrected chi connectivity index (χ1v) is 6.59. The van der Waals surface area contributed by atoms with Gasteiger partial charge in [0.15, 0.2) is 0 Å². The average molecular weight is 294 g/mol. The number of rotatable bonds is 7. The Morgan fingerprint density at radius 2 is 2.00 bits per heavy atom. The molecule has 2 aromatic rings. The number of hydrogen-bond donors (Lipinski definition) is 2. The van der Waals surface area contributed by atoms with Crippen LogP contribution in [0.5, 0.6) is 0 Å². The molecular weight excluding hydrogens is 278 g/mol. The van der Waals surface area contributed by atoms with Crippen LogP contribution in [0.4, 0.5) is 14.5 Å². The van der Waals surface area contributed by atoms with Gasteiger partial charge in [-0.2, -0.15) is 5.10 Å². The van der Waals surface area contributed by atoms with Crippen LogP contribution in [0, 0.1) is 11.6 Å². The SMILES string of the molecule is O=C(CNCCCn1cccn1)Nc1c(F)cccc1F. The molecule has 0 saturated heterocycles. The molecule has 1 aromatic carbocycles. The number of amides is 1. The molecule has 1 heterocycles. The van der Waals surface area contributed by atoms with Crippen LogP contribution >= 0.6 is 0 Å². The van der Waals surface area contributed by atoms with Crippen molar-refractivity contribution in [3.8, 4) is 0 Å². The lowest BCUT2D eigenvalue weighted by Crippen LogP contribution is -2.29. The number of nitrogens with zero attached hydrogens (tertiary/aromatic N) is 2. The fraction of sp³-hybridized carbons (Fsp3) is 0.286. The lowest BCUT2D eigenvalue weighted by atomic mass is 10.3. The number of aryl methyl sites for hydroxylation is 1. The van der Waals surface area contributed by atoms with Gasteiger partial charge in [-0.3, -0.25) is 9.48 Å². The molecule has 0 fully saturated rings. The van der Waals surface area contributed by atoms with Gasteiger partial charge in [-0.1, -0.05) is 6.07 Å². The summed E-state index contributed by atoms with van der Waals surface area (Å²) in [5, 5.41) is 9.17. The molecule has 0 radical (unpaired) electrons. The van der Waals surface area contributed by atoms with Crippen LogP contribution in [-0.4, -0.2) is 28.8 Å². The van der Waals surface area contributed by atoms with E-state index in [0.29, 0.717) is 6.54 Å². The Labute approximate surface area is 121 Å². The van der Waals surface area contributed by atoms with Crippen molar-refractivity contribution in [2.45, 2.75) is 13.0 Å². The lowest BCUT2D eigenvalue weighted by Gasteiger charge is -2.08. The highest BCUT2D eigenvalue weighted by Crippen LogP contribution is 2.17. The third-order valence-corrected chi connectivity index (χ3v) is 2.81. The highest BCUT2D eigenvalue weighted by atomic mass is 19.1. The number of halogens is 2. The molecule has 0 aliphatic rings. The number of carbonyl (C=O) groups excluding carboxylic acids is 1. The monoisotopic (exact) mass is 294 g/mol. The third-order valence-electron chi connectivity index (χ3n) is 2.81. The van der Waals surface area contributed by atoms with E-state index >= 15 is 0 Å². The summed E-state index contributed by atoms with van der Waals surface area (Å²) in [7, 11) is 0. The van der Waals surface area contributed by atoms with Crippen LogP contribution in [0.2, 0.25) is 0 Å². The number of nitrogens with one attached hydrogen (secondary N) is 2.